The van der Waals surface area contributed by atoms with Gasteiger partial charge in [-0.1, -0.05) is 39.7 Å². The van der Waals surface area contributed by atoms with Crippen LogP contribution in [0.15, 0.2) is 47.1 Å². The molecular formula is C15H11BrClNO3. The second-order valence-corrected chi connectivity index (χ2v) is 5.53. The molecular weight excluding hydrogens is 358 g/mol. The van der Waals surface area contributed by atoms with Gasteiger partial charge in [-0.15, -0.1) is 0 Å². The third-order valence-electron chi connectivity index (χ3n) is 2.76. The number of esters is 1. The molecule has 0 saturated carbocycles. The van der Waals surface area contributed by atoms with Crippen LogP contribution in [0, 0.1) is 0 Å². The Balaban J connectivity index is 2.09. The topological polar surface area (TPSA) is 56.3 Å². The van der Waals surface area contributed by atoms with Crippen molar-refractivity contribution in [3.8, 4) is 0 Å². The number of benzene rings is 1. The molecule has 0 N–H and O–H groups in total. The quantitative estimate of drug-likeness (QED) is 0.466. The third kappa shape index (κ3) is 3.89. The van der Waals surface area contributed by atoms with Gasteiger partial charge in [0.2, 0.25) is 5.78 Å². The van der Waals surface area contributed by atoms with E-state index in [2.05, 4.69) is 20.9 Å². The summed E-state index contributed by atoms with van der Waals surface area (Å²) >= 11 is 9.11. The van der Waals surface area contributed by atoms with Crippen LogP contribution in [0.4, 0.5) is 0 Å². The molecule has 0 aliphatic rings. The van der Waals surface area contributed by atoms with Crippen LogP contribution in [0.5, 0.6) is 0 Å². The number of aromatic nitrogens is 1. The van der Waals surface area contributed by atoms with Crippen molar-refractivity contribution in [1.82, 2.24) is 4.98 Å². The Morgan fingerprint density at radius 2 is 1.90 bits per heavy atom. The predicted molar refractivity (Wildman–Crippen MR) is 82.6 cm³/mol. The van der Waals surface area contributed by atoms with Gasteiger partial charge in [0.15, 0.2) is 6.10 Å². The van der Waals surface area contributed by atoms with Gasteiger partial charge in [0, 0.05) is 16.2 Å². The molecule has 0 saturated heterocycles. The van der Waals surface area contributed by atoms with Crippen LogP contribution in [0.1, 0.15) is 27.6 Å². The Labute approximate surface area is 135 Å². The Morgan fingerprint density at radius 1 is 1.24 bits per heavy atom. The lowest BCUT2D eigenvalue weighted by molar-refractivity contribution is 0.0318. The van der Waals surface area contributed by atoms with E-state index in [9.17, 15) is 9.59 Å². The zero-order valence-corrected chi connectivity index (χ0v) is 13.4. The van der Waals surface area contributed by atoms with Crippen LogP contribution in [-0.2, 0) is 4.74 Å². The highest BCUT2D eigenvalue weighted by Crippen LogP contribution is 2.16. The number of rotatable bonds is 4. The molecule has 6 heteroatoms. The number of carbonyl (C=O) groups is 2. The summed E-state index contributed by atoms with van der Waals surface area (Å²) in [6.07, 6.45) is 0.560. The maximum atomic E-state index is 12.2. The Hall–Kier alpha value is -1.72. The van der Waals surface area contributed by atoms with E-state index in [1.54, 1.807) is 30.3 Å². The van der Waals surface area contributed by atoms with Crippen molar-refractivity contribution in [3.05, 3.63) is 63.3 Å². The highest BCUT2D eigenvalue weighted by Gasteiger charge is 2.21. The number of ether oxygens (including phenoxy) is 1. The maximum absolute atomic E-state index is 12.2. The molecule has 1 atom stereocenters. The molecule has 0 aliphatic heterocycles. The summed E-state index contributed by atoms with van der Waals surface area (Å²) < 4.78 is 6.01. The fourth-order valence-electron chi connectivity index (χ4n) is 1.66. The largest absolute Gasteiger partial charge is 0.451 e. The number of Topliss-reactive ketones (excluding diaryl/α,β-unsaturated/α-hetero) is 1. The van der Waals surface area contributed by atoms with Crippen molar-refractivity contribution < 1.29 is 14.3 Å². The van der Waals surface area contributed by atoms with Crippen LogP contribution in [-0.4, -0.2) is 22.8 Å². The summed E-state index contributed by atoms with van der Waals surface area (Å²) in [6, 6.07) is 9.89. The van der Waals surface area contributed by atoms with E-state index < -0.39 is 12.1 Å². The average molecular weight is 369 g/mol. The third-order valence-corrected chi connectivity index (χ3v) is 3.59. The van der Waals surface area contributed by atoms with Crippen LogP contribution in [0.3, 0.4) is 0 Å². The molecule has 0 amide bonds. The zero-order valence-electron chi connectivity index (χ0n) is 11.0. The van der Waals surface area contributed by atoms with Gasteiger partial charge in [-0.3, -0.25) is 4.79 Å². The number of carbonyl (C=O) groups excluding carboxylic acids is 2. The lowest BCUT2D eigenvalue weighted by atomic mass is 10.1. The van der Waals surface area contributed by atoms with Crippen LogP contribution in [0.25, 0.3) is 0 Å². The fourth-order valence-corrected chi connectivity index (χ4v) is 2.13. The van der Waals surface area contributed by atoms with Gasteiger partial charge in [-0.05, 0) is 31.2 Å². The SMILES string of the molecule is C[C@H](OC(=O)c1cccnc1Cl)C(=O)c1ccc(Br)cc1. The first-order valence-corrected chi connectivity index (χ1v) is 7.27. The fraction of sp³-hybridized carbons (Fsp3) is 0.133. The number of hydrogen-bond donors (Lipinski definition) is 0. The highest BCUT2D eigenvalue weighted by molar-refractivity contribution is 9.10. The molecule has 2 rings (SSSR count). The van der Waals surface area contributed by atoms with Crippen molar-refractivity contribution >= 4 is 39.3 Å². The number of halogens is 2. The van der Waals surface area contributed by atoms with Crippen molar-refractivity contribution in [1.29, 1.82) is 0 Å². The van der Waals surface area contributed by atoms with Gasteiger partial charge >= 0.3 is 5.97 Å². The molecule has 0 bridgehead atoms. The number of hydrogen-bond acceptors (Lipinski definition) is 4. The molecule has 1 aromatic carbocycles. The van der Waals surface area contributed by atoms with E-state index in [1.165, 1.54) is 19.2 Å². The van der Waals surface area contributed by atoms with Gasteiger partial charge in [0.1, 0.15) is 5.15 Å². The van der Waals surface area contributed by atoms with Gasteiger partial charge in [-0.2, -0.15) is 0 Å². The van der Waals surface area contributed by atoms with E-state index in [1.807, 2.05) is 0 Å². The monoisotopic (exact) mass is 367 g/mol. The van der Waals surface area contributed by atoms with Crippen molar-refractivity contribution in [3.63, 3.8) is 0 Å². The number of nitrogens with zero attached hydrogens (tertiary/aromatic N) is 1. The van der Waals surface area contributed by atoms with Crippen LogP contribution >= 0.6 is 27.5 Å². The summed E-state index contributed by atoms with van der Waals surface area (Å²) in [5.74, 6) is -0.957. The normalized spacial score (nSPS) is 11.8. The lowest BCUT2D eigenvalue weighted by Gasteiger charge is -2.12. The summed E-state index contributed by atoms with van der Waals surface area (Å²) in [4.78, 5) is 27.9. The first-order chi connectivity index (χ1) is 9.99. The van der Waals surface area contributed by atoms with Crippen molar-refractivity contribution in [2.24, 2.45) is 0 Å². The van der Waals surface area contributed by atoms with E-state index in [-0.39, 0.29) is 16.5 Å². The van der Waals surface area contributed by atoms with Crippen LogP contribution < -0.4 is 0 Å². The minimum atomic E-state index is -0.907. The number of ketones is 1. The Morgan fingerprint density at radius 3 is 2.52 bits per heavy atom. The van der Waals surface area contributed by atoms with Crippen LogP contribution in [0.2, 0.25) is 5.15 Å². The highest BCUT2D eigenvalue weighted by atomic mass is 79.9. The zero-order chi connectivity index (χ0) is 15.4. The molecule has 0 radical (unpaired) electrons. The first kappa shape index (κ1) is 15.7. The molecule has 0 aliphatic carbocycles. The van der Waals surface area contributed by atoms with Crippen molar-refractivity contribution in [2.45, 2.75) is 13.0 Å². The van der Waals surface area contributed by atoms with Gasteiger partial charge in [0.25, 0.3) is 0 Å². The van der Waals surface area contributed by atoms with E-state index in [4.69, 9.17) is 16.3 Å². The smallest absolute Gasteiger partial charge is 0.341 e. The second-order valence-electron chi connectivity index (χ2n) is 4.26. The summed E-state index contributed by atoms with van der Waals surface area (Å²) in [7, 11) is 0. The minimum absolute atomic E-state index is 0.0470. The van der Waals surface area contributed by atoms with E-state index in [0.29, 0.717) is 5.56 Å². The summed E-state index contributed by atoms with van der Waals surface area (Å²) in [5.41, 5.74) is 0.602. The maximum Gasteiger partial charge on any atom is 0.341 e. The molecule has 1 aromatic heterocycles. The summed E-state index contributed by atoms with van der Waals surface area (Å²) in [6.45, 7) is 1.52. The van der Waals surface area contributed by atoms with E-state index >= 15 is 0 Å². The molecule has 2 aromatic rings. The number of pyridine rings is 1. The lowest BCUT2D eigenvalue weighted by Crippen LogP contribution is -2.24. The van der Waals surface area contributed by atoms with Gasteiger partial charge in [-0.25, -0.2) is 9.78 Å². The van der Waals surface area contributed by atoms with E-state index in [0.717, 1.165) is 4.47 Å². The summed E-state index contributed by atoms with van der Waals surface area (Å²) in [5, 5.41) is 0.0470. The predicted octanol–water partition coefficient (Wildman–Crippen LogP) is 3.93. The Kier molecular flexibility index (Phi) is 5.09. The molecule has 4 nitrogen and oxygen atoms in total. The van der Waals surface area contributed by atoms with Crippen molar-refractivity contribution in [2.75, 3.05) is 0 Å². The Bertz CT molecular complexity index is 673. The molecule has 0 spiro atoms. The van der Waals surface area contributed by atoms with Gasteiger partial charge in [0.05, 0.1) is 5.56 Å². The molecule has 0 fully saturated rings. The molecule has 1 heterocycles. The minimum Gasteiger partial charge on any atom is -0.451 e. The molecule has 0 unspecified atom stereocenters. The van der Waals surface area contributed by atoms with Gasteiger partial charge < -0.3 is 4.74 Å². The molecule has 21 heavy (non-hydrogen) atoms. The average Bonchev–Trinajstić information content (AvgIpc) is 2.47. The molecule has 108 valence electrons. The standard InChI is InChI=1S/C15H11BrClNO3/c1-9(13(19)10-4-6-11(16)7-5-10)21-15(20)12-3-2-8-18-14(12)17/h2-9H,1H3/t9-/m0/s1. The first-order valence-electron chi connectivity index (χ1n) is 6.10. The second kappa shape index (κ2) is 6.83.